The standard InChI is InChI=1S/C25H22F2N4O2/c1-25(2,33)16-7-15-11-30(3)29-23(15)18(10-16)14-8-20(26)19(21(27)9-14)12-31-13-22-17(24(31)32)5-4-6-28-22/h4-11,33H,12-13H2,1-3H3. The number of rotatable bonds is 4. The fraction of sp³-hybridized carbons (Fsp3) is 0.240. The zero-order chi connectivity index (χ0) is 23.5. The molecular weight excluding hydrogens is 426 g/mol. The summed E-state index contributed by atoms with van der Waals surface area (Å²) in [5.74, 6) is -1.80. The number of carbonyl (C=O) groups excluding carboxylic acids is 1. The van der Waals surface area contributed by atoms with Crippen LogP contribution in [-0.2, 0) is 25.7 Å². The van der Waals surface area contributed by atoms with Crippen molar-refractivity contribution in [1.82, 2.24) is 19.7 Å². The maximum Gasteiger partial charge on any atom is 0.256 e. The summed E-state index contributed by atoms with van der Waals surface area (Å²) in [5.41, 5.74) is 1.73. The lowest BCUT2D eigenvalue weighted by atomic mass is 9.92. The third-order valence-electron chi connectivity index (χ3n) is 5.98. The SMILES string of the molecule is Cn1cc2cc(C(C)(C)O)cc(-c3cc(F)c(CN4Cc5ncccc5C4=O)c(F)c3)c2n1. The number of benzene rings is 2. The Bertz CT molecular complexity index is 1400. The van der Waals surface area contributed by atoms with E-state index in [4.69, 9.17) is 0 Å². The maximum absolute atomic E-state index is 15.2. The highest BCUT2D eigenvalue weighted by Crippen LogP contribution is 2.35. The van der Waals surface area contributed by atoms with Gasteiger partial charge in [-0.2, -0.15) is 5.10 Å². The van der Waals surface area contributed by atoms with Gasteiger partial charge < -0.3 is 10.0 Å². The summed E-state index contributed by atoms with van der Waals surface area (Å²) in [6.07, 6.45) is 3.38. The lowest BCUT2D eigenvalue weighted by molar-refractivity contribution is 0.0761. The van der Waals surface area contributed by atoms with E-state index in [1.54, 1.807) is 56.2 Å². The van der Waals surface area contributed by atoms with Crippen LogP contribution in [0.3, 0.4) is 0 Å². The molecule has 3 heterocycles. The Kier molecular flexibility index (Phi) is 4.79. The summed E-state index contributed by atoms with van der Waals surface area (Å²) in [6, 6.07) is 9.35. The van der Waals surface area contributed by atoms with E-state index in [0.717, 1.165) is 5.39 Å². The van der Waals surface area contributed by atoms with Crippen LogP contribution in [-0.4, -0.2) is 30.7 Å². The van der Waals surface area contributed by atoms with Gasteiger partial charge in [-0.05, 0) is 61.4 Å². The molecule has 168 valence electrons. The Hall–Kier alpha value is -3.65. The average molecular weight is 448 g/mol. The number of aryl methyl sites for hydroxylation is 1. The highest BCUT2D eigenvalue weighted by Gasteiger charge is 2.30. The van der Waals surface area contributed by atoms with Crippen molar-refractivity contribution in [2.75, 3.05) is 0 Å². The van der Waals surface area contributed by atoms with Gasteiger partial charge >= 0.3 is 0 Å². The minimum atomic E-state index is -1.14. The molecule has 1 N–H and O–H groups in total. The quantitative estimate of drug-likeness (QED) is 0.506. The topological polar surface area (TPSA) is 71.2 Å². The van der Waals surface area contributed by atoms with Gasteiger partial charge in [-0.15, -0.1) is 0 Å². The first-order valence-corrected chi connectivity index (χ1v) is 10.5. The van der Waals surface area contributed by atoms with Crippen LogP contribution in [0.5, 0.6) is 0 Å². The van der Waals surface area contributed by atoms with E-state index in [1.165, 1.54) is 17.0 Å². The van der Waals surface area contributed by atoms with Gasteiger partial charge in [0.1, 0.15) is 17.2 Å². The zero-order valence-corrected chi connectivity index (χ0v) is 18.4. The molecule has 5 rings (SSSR count). The zero-order valence-electron chi connectivity index (χ0n) is 18.4. The first kappa shape index (κ1) is 21.2. The molecule has 2 aromatic heterocycles. The summed E-state index contributed by atoms with van der Waals surface area (Å²) in [6.45, 7) is 3.31. The Morgan fingerprint density at radius 3 is 2.52 bits per heavy atom. The van der Waals surface area contributed by atoms with Crippen molar-refractivity contribution in [3.05, 3.63) is 82.8 Å². The molecule has 0 unspecified atom stereocenters. The number of aliphatic hydroxyl groups is 1. The normalized spacial score (nSPS) is 13.8. The third kappa shape index (κ3) is 3.66. The third-order valence-corrected chi connectivity index (χ3v) is 5.98. The van der Waals surface area contributed by atoms with E-state index in [1.807, 2.05) is 6.07 Å². The van der Waals surface area contributed by atoms with Crippen molar-refractivity contribution in [3.8, 4) is 11.1 Å². The minimum absolute atomic E-state index is 0.184. The number of hydrogen-bond donors (Lipinski definition) is 1. The van der Waals surface area contributed by atoms with Crippen LogP contribution in [0.25, 0.3) is 22.0 Å². The molecule has 33 heavy (non-hydrogen) atoms. The summed E-state index contributed by atoms with van der Waals surface area (Å²) >= 11 is 0. The molecule has 0 fully saturated rings. The van der Waals surface area contributed by atoms with Gasteiger partial charge in [0, 0.05) is 36.0 Å². The van der Waals surface area contributed by atoms with Crippen LogP contribution in [0, 0.1) is 11.6 Å². The predicted octanol–water partition coefficient (Wildman–Crippen LogP) is 4.30. The van der Waals surface area contributed by atoms with E-state index in [0.29, 0.717) is 33.5 Å². The molecule has 8 heteroatoms. The Morgan fingerprint density at radius 1 is 1.12 bits per heavy atom. The molecule has 0 spiro atoms. The van der Waals surface area contributed by atoms with Crippen LogP contribution in [0.2, 0.25) is 0 Å². The molecule has 0 radical (unpaired) electrons. The molecule has 1 amide bonds. The van der Waals surface area contributed by atoms with Gasteiger partial charge in [-0.25, -0.2) is 8.78 Å². The number of hydrogen-bond acceptors (Lipinski definition) is 4. The molecule has 2 aromatic carbocycles. The van der Waals surface area contributed by atoms with Crippen LogP contribution in [0.1, 0.15) is 41.0 Å². The molecule has 0 aliphatic carbocycles. The van der Waals surface area contributed by atoms with Crippen LogP contribution < -0.4 is 0 Å². The number of pyridine rings is 1. The number of aromatic nitrogens is 3. The van der Waals surface area contributed by atoms with Crippen molar-refractivity contribution in [2.24, 2.45) is 7.05 Å². The lowest BCUT2D eigenvalue weighted by Gasteiger charge is -2.20. The number of carbonyl (C=O) groups is 1. The average Bonchev–Trinajstić information content (AvgIpc) is 3.28. The van der Waals surface area contributed by atoms with Gasteiger partial charge in [0.15, 0.2) is 0 Å². The van der Waals surface area contributed by atoms with Gasteiger partial charge in [0.2, 0.25) is 0 Å². The second-order valence-corrected chi connectivity index (χ2v) is 8.90. The van der Waals surface area contributed by atoms with Crippen molar-refractivity contribution in [3.63, 3.8) is 0 Å². The molecule has 4 aromatic rings. The Balaban J connectivity index is 1.55. The van der Waals surface area contributed by atoms with Gasteiger partial charge in [0.25, 0.3) is 5.91 Å². The number of halogens is 2. The second-order valence-electron chi connectivity index (χ2n) is 8.90. The molecule has 0 atom stereocenters. The minimum Gasteiger partial charge on any atom is -0.386 e. The lowest BCUT2D eigenvalue weighted by Crippen LogP contribution is -2.24. The summed E-state index contributed by atoms with van der Waals surface area (Å²) < 4.78 is 32.0. The molecule has 0 saturated carbocycles. The summed E-state index contributed by atoms with van der Waals surface area (Å²) in [5, 5.41) is 15.7. The monoisotopic (exact) mass is 448 g/mol. The summed E-state index contributed by atoms with van der Waals surface area (Å²) in [4.78, 5) is 18.2. The molecule has 1 aliphatic heterocycles. The van der Waals surface area contributed by atoms with Crippen molar-refractivity contribution >= 4 is 16.8 Å². The molecule has 6 nitrogen and oxygen atoms in total. The Morgan fingerprint density at radius 2 is 1.85 bits per heavy atom. The number of nitrogens with zero attached hydrogens (tertiary/aromatic N) is 4. The molecule has 1 aliphatic rings. The van der Waals surface area contributed by atoms with Crippen LogP contribution >= 0.6 is 0 Å². The van der Waals surface area contributed by atoms with E-state index in [2.05, 4.69) is 10.1 Å². The van der Waals surface area contributed by atoms with E-state index in [-0.39, 0.29) is 24.6 Å². The van der Waals surface area contributed by atoms with E-state index in [9.17, 15) is 9.90 Å². The first-order valence-electron chi connectivity index (χ1n) is 10.5. The molecule has 0 bridgehead atoms. The maximum atomic E-state index is 15.2. The summed E-state index contributed by atoms with van der Waals surface area (Å²) in [7, 11) is 1.76. The highest BCUT2D eigenvalue weighted by molar-refractivity contribution is 5.97. The van der Waals surface area contributed by atoms with Crippen molar-refractivity contribution < 1.29 is 18.7 Å². The molecular formula is C25H22F2N4O2. The number of amides is 1. The predicted molar refractivity (Wildman–Crippen MR) is 119 cm³/mol. The van der Waals surface area contributed by atoms with Crippen molar-refractivity contribution in [1.29, 1.82) is 0 Å². The van der Waals surface area contributed by atoms with Gasteiger partial charge in [0.05, 0.1) is 29.9 Å². The first-order chi connectivity index (χ1) is 15.6. The van der Waals surface area contributed by atoms with E-state index < -0.39 is 17.2 Å². The van der Waals surface area contributed by atoms with Crippen LogP contribution in [0.4, 0.5) is 8.78 Å². The largest absolute Gasteiger partial charge is 0.386 e. The van der Waals surface area contributed by atoms with Gasteiger partial charge in [-0.1, -0.05) is 0 Å². The fourth-order valence-electron chi connectivity index (χ4n) is 4.24. The Labute approximate surface area is 189 Å². The molecule has 0 saturated heterocycles. The number of fused-ring (bicyclic) bond motifs is 2. The fourth-order valence-corrected chi connectivity index (χ4v) is 4.24. The smallest absolute Gasteiger partial charge is 0.256 e. The van der Waals surface area contributed by atoms with Gasteiger partial charge in [-0.3, -0.25) is 14.5 Å². The van der Waals surface area contributed by atoms with Crippen LogP contribution in [0.15, 0.2) is 48.8 Å². The highest BCUT2D eigenvalue weighted by atomic mass is 19.1. The second kappa shape index (κ2) is 7.45. The van der Waals surface area contributed by atoms with E-state index >= 15 is 8.78 Å². The van der Waals surface area contributed by atoms with Crippen molar-refractivity contribution in [2.45, 2.75) is 32.5 Å².